The molecule has 174 valence electrons. The number of ether oxygens (including phenoxy) is 1. The molecule has 0 spiro atoms. The number of fused-ring (bicyclic) bond motifs is 1. The van der Waals surface area contributed by atoms with Crippen LogP contribution in [0.15, 0.2) is 18.2 Å². The van der Waals surface area contributed by atoms with E-state index in [-0.39, 0.29) is 23.1 Å². The third-order valence-corrected chi connectivity index (χ3v) is 7.88. The maximum Gasteiger partial charge on any atom is 0.408 e. The van der Waals surface area contributed by atoms with Gasteiger partial charge in [0.25, 0.3) is 0 Å². The average Bonchev–Trinajstić information content (AvgIpc) is 3.06. The maximum atomic E-state index is 13.1. The second kappa shape index (κ2) is 7.47. The van der Waals surface area contributed by atoms with Crippen molar-refractivity contribution in [2.75, 3.05) is 6.54 Å². The van der Waals surface area contributed by atoms with Gasteiger partial charge in [0.15, 0.2) is 0 Å². The summed E-state index contributed by atoms with van der Waals surface area (Å²) in [5.41, 5.74) is 3.02. The first-order valence-electron chi connectivity index (χ1n) is 12.1. The summed E-state index contributed by atoms with van der Waals surface area (Å²) in [5.74, 6) is 1.38. The number of nitrogens with zero attached hydrogens (tertiary/aromatic N) is 1. The molecule has 4 bridgehead atoms. The Morgan fingerprint density at radius 3 is 2.41 bits per heavy atom. The number of aryl methyl sites for hydroxylation is 1. The van der Waals surface area contributed by atoms with E-state index in [1.54, 1.807) is 0 Å². The molecule has 0 saturated heterocycles. The van der Waals surface area contributed by atoms with Crippen molar-refractivity contribution in [2.45, 2.75) is 96.0 Å². The molecule has 2 atom stereocenters. The van der Waals surface area contributed by atoms with Crippen LogP contribution in [0.4, 0.5) is 4.79 Å². The zero-order chi connectivity index (χ0) is 22.7. The van der Waals surface area contributed by atoms with Crippen LogP contribution in [0.25, 0.3) is 0 Å². The highest BCUT2D eigenvalue weighted by atomic mass is 16.6. The van der Waals surface area contributed by atoms with Gasteiger partial charge in [0, 0.05) is 24.2 Å². The molecule has 0 aromatic heterocycles. The molecule has 4 saturated carbocycles. The van der Waals surface area contributed by atoms with E-state index in [0.717, 1.165) is 32.1 Å². The molecule has 1 aromatic carbocycles. The predicted molar refractivity (Wildman–Crippen MR) is 123 cm³/mol. The summed E-state index contributed by atoms with van der Waals surface area (Å²) in [6, 6.07) is 6.47. The molecule has 1 aromatic rings. The van der Waals surface area contributed by atoms with Crippen LogP contribution < -0.4 is 10.6 Å². The van der Waals surface area contributed by atoms with Gasteiger partial charge >= 0.3 is 6.09 Å². The van der Waals surface area contributed by atoms with Gasteiger partial charge in [-0.25, -0.2) is 4.79 Å². The summed E-state index contributed by atoms with van der Waals surface area (Å²) >= 11 is 0. The zero-order valence-electron chi connectivity index (χ0n) is 19.9. The molecule has 6 heteroatoms. The average molecular weight is 440 g/mol. The molecule has 0 radical (unpaired) electrons. The lowest BCUT2D eigenvalue weighted by Gasteiger charge is -2.62. The molecule has 32 heavy (non-hydrogen) atoms. The van der Waals surface area contributed by atoms with Crippen LogP contribution in [0.2, 0.25) is 0 Å². The number of hydrogen-bond donors (Lipinski definition) is 2. The minimum atomic E-state index is -0.499. The van der Waals surface area contributed by atoms with Gasteiger partial charge in [-0.15, -0.1) is 0 Å². The number of alkyl carbamates (subject to hydrolysis) is 1. The minimum Gasteiger partial charge on any atom is -0.444 e. The van der Waals surface area contributed by atoms with E-state index in [0.29, 0.717) is 31.5 Å². The lowest BCUT2D eigenvalue weighted by atomic mass is 9.50. The quantitative estimate of drug-likeness (QED) is 0.743. The number of rotatable bonds is 4. The van der Waals surface area contributed by atoms with E-state index in [1.807, 2.05) is 25.7 Å². The molecule has 4 fully saturated rings. The summed E-state index contributed by atoms with van der Waals surface area (Å²) in [4.78, 5) is 27.6. The SMILES string of the molecule is Cc1ccc2c(c1)CN(C(=O)CNC13CC4CC(C1)CC(NC(=O)OC(C)(C)C)(C4)C3)C2. The number of amides is 2. The van der Waals surface area contributed by atoms with Gasteiger partial charge in [-0.1, -0.05) is 23.8 Å². The van der Waals surface area contributed by atoms with Gasteiger partial charge in [0.05, 0.1) is 6.54 Å². The van der Waals surface area contributed by atoms with Crippen molar-refractivity contribution in [1.82, 2.24) is 15.5 Å². The second-order valence-corrected chi connectivity index (χ2v) is 12.0. The van der Waals surface area contributed by atoms with Crippen LogP contribution in [-0.4, -0.2) is 40.1 Å². The molecule has 1 aliphatic heterocycles. The number of benzene rings is 1. The monoisotopic (exact) mass is 439 g/mol. The third kappa shape index (κ3) is 4.26. The van der Waals surface area contributed by atoms with Gasteiger partial charge in [0.2, 0.25) is 5.91 Å². The fourth-order valence-corrected chi connectivity index (χ4v) is 7.21. The molecule has 6 rings (SSSR count). The molecule has 2 amide bonds. The van der Waals surface area contributed by atoms with Crippen LogP contribution in [-0.2, 0) is 22.6 Å². The smallest absolute Gasteiger partial charge is 0.408 e. The Labute approximate surface area is 191 Å². The van der Waals surface area contributed by atoms with Gasteiger partial charge in [0.1, 0.15) is 5.60 Å². The fraction of sp³-hybridized carbons (Fsp3) is 0.692. The Kier molecular flexibility index (Phi) is 5.08. The van der Waals surface area contributed by atoms with Crippen LogP contribution in [0.1, 0.15) is 76.0 Å². The van der Waals surface area contributed by atoms with Crippen molar-refractivity contribution < 1.29 is 14.3 Å². The van der Waals surface area contributed by atoms with Crippen molar-refractivity contribution in [1.29, 1.82) is 0 Å². The zero-order valence-corrected chi connectivity index (χ0v) is 19.9. The van der Waals surface area contributed by atoms with Crippen LogP contribution in [0, 0.1) is 18.8 Å². The Balaban J connectivity index is 1.23. The van der Waals surface area contributed by atoms with E-state index >= 15 is 0 Å². The number of carbonyl (C=O) groups is 2. The van der Waals surface area contributed by atoms with Crippen LogP contribution in [0.3, 0.4) is 0 Å². The van der Waals surface area contributed by atoms with E-state index in [1.165, 1.54) is 23.1 Å². The second-order valence-electron chi connectivity index (χ2n) is 12.0. The third-order valence-electron chi connectivity index (χ3n) is 7.88. The number of nitrogens with one attached hydrogen (secondary N) is 2. The maximum absolute atomic E-state index is 13.1. The van der Waals surface area contributed by atoms with Crippen molar-refractivity contribution in [3.05, 3.63) is 34.9 Å². The largest absolute Gasteiger partial charge is 0.444 e. The Hall–Kier alpha value is -2.08. The first-order valence-corrected chi connectivity index (χ1v) is 12.1. The highest BCUT2D eigenvalue weighted by Crippen LogP contribution is 2.57. The van der Waals surface area contributed by atoms with Crippen LogP contribution in [0.5, 0.6) is 0 Å². The molecule has 6 nitrogen and oxygen atoms in total. The van der Waals surface area contributed by atoms with E-state index in [4.69, 9.17) is 4.74 Å². The highest BCUT2D eigenvalue weighted by Gasteiger charge is 2.58. The highest BCUT2D eigenvalue weighted by molar-refractivity contribution is 5.79. The summed E-state index contributed by atoms with van der Waals surface area (Å²) in [6.07, 6.45) is 6.09. The standard InChI is InChI=1S/C26H37N3O3/c1-17-5-6-20-14-29(15-21(20)7-17)22(30)13-27-25-9-18-8-19(10-25)12-26(11-18,16-25)28-23(31)32-24(2,3)4/h5-7,18-19,27H,8-16H2,1-4H3,(H,28,31). The first kappa shape index (κ1) is 21.7. The Morgan fingerprint density at radius 1 is 1.06 bits per heavy atom. The van der Waals surface area contributed by atoms with E-state index < -0.39 is 5.60 Å². The van der Waals surface area contributed by atoms with Gasteiger partial charge in [-0.3, -0.25) is 4.79 Å². The van der Waals surface area contributed by atoms with Gasteiger partial charge in [-0.2, -0.15) is 0 Å². The molecule has 4 aliphatic carbocycles. The Bertz CT molecular complexity index is 921. The number of carbonyl (C=O) groups excluding carboxylic acids is 2. The number of hydrogen-bond acceptors (Lipinski definition) is 4. The van der Waals surface area contributed by atoms with Crippen molar-refractivity contribution in [3.8, 4) is 0 Å². The van der Waals surface area contributed by atoms with Crippen molar-refractivity contribution >= 4 is 12.0 Å². The van der Waals surface area contributed by atoms with Crippen molar-refractivity contribution in [3.63, 3.8) is 0 Å². The fourth-order valence-electron chi connectivity index (χ4n) is 7.21. The summed E-state index contributed by atoms with van der Waals surface area (Å²) in [5, 5.41) is 6.97. The minimum absolute atomic E-state index is 0.0576. The molecule has 2 N–H and O–H groups in total. The molecule has 5 aliphatic rings. The lowest BCUT2D eigenvalue weighted by molar-refractivity contribution is -0.132. The summed E-state index contributed by atoms with van der Waals surface area (Å²) in [6.45, 7) is 9.59. The predicted octanol–water partition coefficient (Wildman–Crippen LogP) is 4.04. The topological polar surface area (TPSA) is 70.7 Å². The summed E-state index contributed by atoms with van der Waals surface area (Å²) < 4.78 is 5.58. The molecule has 1 heterocycles. The van der Waals surface area contributed by atoms with Gasteiger partial charge < -0.3 is 20.3 Å². The van der Waals surface area contributed by atoms with Gasteiger partial charge in [-0.05, 0) is 89.2 Å². The molecular weight excluding hydrogens is 402 g/mol. The normalized spacial score (nSPS) is 32.7. The first-order chi connectivity index (χ1) is 15.0. The van der Waals surface area contributed by atoms with E-state index in [2.05, 4.69) is 35.8 Å². The summed E-state index contributed by atoms with van der Waals surface area (Å²) in [7, 11) is 0. The Morgan fingerprint density at radius 2 is 1.72 bits per heavy atom. The van der Waals surface area contributed by atoms with Crippen LogP contribution >= 0.6 is 0 Å². The lowest BCUT2D eigenvalue weighted by Crippen LogP contribution is -2.69. The molecular formula is C26H37N3O3. The molecule has 2 unspecified atom stereocenters. The van der Waals surface area contributed by atoms with E-state index in [9.17, 15) is 9.59 Å². The van der Waals surface area contributed by atoms with Crippen molar-refractivity contribution in [2.24, 2.45) is 11.8 Å².